The SMILES string of the molecule is CCN1CC(=O)NC(C)(c2ccccc2)C1=O. The van der Waals surface area contributed by atoms with Gasteiger partial charge in [-0.2, -0.15) is 0 Å². The zero-order chi connectivity index (χ0) is 12.5. The third-order valence-electron chi connectivity index (χ3n) is 3.17. The molecule has 2 amide bonds. The number of likely N-dealkylation sites (N-methyl/N-ethyl adjacent to an activating group) is 1. The Balaban J connectivity index is 2.41. The van der Waals surface area contributed by atoms with E-state index >= 15 is 0 Å². The Morgan fingerprint density at radius 3 is 2.53 bits per heavy atom. The maximum absolute atomic E-state index is 12.3. The van der Waals surface area contributed by atoms with E-state index in [-0.39, 0.29) is 18.4 Å². The van der Waals surface area contributed by atoms with Gasteiger partial charge in [0.2, 0.25) is 5.91 Å². The van der Waals surface area contributed by atoms with E-state index in [1.165, 1.54) is 0 Å². The van der Waals surface area contributed by atoms with Crippen molar-refractivity contribution in [3.63, 3.8) is 0 Å². The molecule has 4 nitrogen and oxygen atoms in total. The number of nitrogens with zero attached hydrogens (tertiary/aromatic N) is 1. The highest BCUT2D eigenvalue weighted by Gasteiger charge is 2.43. The first-order valence-corrected chi connectivity index (χ1v) is 5.74. The van der Waals surface area contributed by atoms with Gasteiger partial charge < -0.3 is 10.2 Å². The van der Waals surface area contributed by atoms with Crippen LogP contribution in [0.5, 0.6) is 0 Å². The largest absolute Gasteiger partial charge is 0.337 e. The lowest BCUT2D eigenvalue weighted by molar-refractivity contribution is -0.149. The molecule has 0 aromatic heterocycles. The predicted molar refractivity (Wildman–Crippen MR) is 64.2 cm³/mol. The van der Waals surface area contributed by atoms with E-state index in [4.69, 9.17) is 0 Å². The molecule has 0 bridgehead atoms. The van der Waals surface area contributed by atoms with Gasteiger partial charge in [0, 0.05) is 6.54 Å². The van der Waals surface area contributed by atoms with Crippen LogP contribution in [0, 0.1) is 0 Å². The van der Waals surface area contributed by atoms with Crippen LogP contribution in [0.3, 0.4) is 0 Å². The van der Waals surface area contributed by atoms with Crippen LogP contribution in [0.4, 0.5) is 0 Å². The van der Waals surface area contributed by atoms with Crippen LogP contribution in [0.25, 0.3) is 0 Å². The lowest BCUT2D eigenvalue weighted by atomic mass is 9.88. The summed E-state index contributed by atoms with van der Waals surface area (Å²) in [6.45, 7) is 4.33. The Kier molecular flexibility index (Phi) is 2.88. The molecule has 0 saturated carbocycles. The second kappa shape index (κ2) is 4.20. The lowest BCUT2D eigenvalue weighted by Crippen LogP contribution is -2.63. The van der Waals surface area contributed by atoms with Crippen LogP contribution < -0.4 is 5.32 Å². The minimum Gasteiger partial charge on any atom is -0.337 e. The average molecular weight is 232 g/mol. The van der Waals surface area contributed by atoms with Gasteiger partial charge >= 0.3 is 0 Å². The molecule has 1 atom stereocenters. The number of carbonyl (C=O) groups is 2. The molecule has 1 aromatic carbocycles. The van der Waals surface area contributed by atoms with Crippen LogP contribution >= 0.6 is 0 Å². The highest BCUT2D eigenvalue weighted by molar-refractivity contribution is 5.98. The number of benzene rings is 1. The Bertz CT molecular complexity index is 444. The molecular weight excluding hydrogens is 216 g/mol. The van der Waals surface area contributed by atoms with E-state index in [1.54, 1.807) is 11.8 Å². The number of nitrogens with one attached hydrogen (secondary N) is 1. The second-order valence-electron chi connectivity index (χ2n) is 4.36. The number of amides is 2. The molecule has 90 valence electrons. The third kappa shape index (κ3) is 1.90. The highest BCUT2D eigenvalue weighted by Crippen LogP contribution is 2.25. The summed E-state index contributed by atoms with van der Waals surface area (Å²) in [4.78, 5) is 25.6. The third-order valence-corrected chi connectivity index (χ3v) is 3.17. The fourth-order valence-electron chi connectivity index (χ4n) is 2.16. The normalized spacial score (nSPS) is 24.7. The molecule has 1 N–H and O–H groups in total. The van der Waals surface area contributed by atoms with Crippen molar-refractivity contribution in [2.45, 2.75) is 19.4 Å². The average Bonchev–Trinajstić information content (AvgIpc) is 2.35. The van der Waals surface area contributed by atoms with Crippen molar-refractivity contribution in [3.8, 4) is 0 Å². The van der Waals surface area contributed by atoms with Crippen molar-refractivity contribution < 1.29 is 9.59 Å². The van der Waals surface area contributed by atoms with Crippen LogP contribution in [0.1, 0.15) is 19.4 Å². The van der Waals surface area contributed by atoms with Gasteiger partial charge in [0.25, 0.3) is 5.91 Å². The van der Waals surface area contributed by atoms with Crippen LogP contribution in [0.2, 0.25) is 0 Å². The first kappa shape index (κ1) is 11.6. The standard InChI is InChI=1S/C13H16N2O2/c1-3-15-9-11(16)14-13(2,12(15)17)10-7-5-4-6-8-10/h4-8H,3,9H2,1-2H3,(H,14,16). The number of hydrogen-bond acceptors (Lipinski definition) is 2. The minimum atomic E-state index is -0.938. The molecule has 17 heavy (non-hydrogen) atoms. The number of rotatable bonds is 2. The van der Waals surface area contributed by atoms with E-state index < -0.39 is 5.54 Å². The summed E-state index contributed by atoms with van der Waals surface area (Å²) in [6.07, 6.45) is 0. The molecular formula is C13H16N2O2. The van der Waals surface area contributed by atoms with E-state index in [1.807, 2.05) is 37.3 Å². The Hall–Kier alpha value is -1.84. The maximum Gasteiger partial charge on any atom is 0.253 e. The Morgan fingerprint density at radius 1 is 1.29 bits per heavy atom. The quantitative estimate of drug-likeness (QED) is 0.823. The molecule has 2 rings (SSSR count). The van der Waals surface area contributed by atoms with Crippen LogP contribution in [-0.2, 0) is 15.1 Å². The maximum atomic E-state index is 12.3. The highest BCUT2D eigenvalue weighted by atomic mass is 16.2. The van der Waals surface area contributed by atoms with Gasteiger partial charge in [0.1, 0.15) is 5.54 Å². The Labute approximate surface area is 101 Å². The summed E-state index contributed by atoms with van der Waals surface area (Å²) in [5, 5.41) is 2.79. The molecule has 1 aromatic rings. The van der Waals surface area contributed by atoms with Crippen molar-refractivity contribution in [2.24, 2.45) is 0 Å². The molecule has 1 aliphatic rings. The van der Waals surface area contributed by atoms with Crippen molar-refractivity contribution in [2.75, 3.05) is 13.1 Å². The van der Waals surface area contributed by atoms with E-state index in [9.17, 15) is 9.59 Å². The fourth-order valence-corrected chi connectivity index (χ4v) is 2.16. The van der Waals surface area contributed by atoms with Crippen molar-refractivity contribution in [1.82, 2.24) is 10.2 Å². The molecule has 4 heteroatoms. The van der Waals surface area contributed by atoms with Gasteiger partial charge in [0.05, 0.1) is 6.54 Å². The molecule has 1 unspecified atom stereocenters. The molecule has 0 spiro atoms. The minimum absolute atomic E-state index is 0.0502. The van der Waals surface area contributed by atoms with Crippen molar-refractivity contribution >= 4 is 11.8 Å². The van der Waals surface area contributed by atoms with Crippen molar-refractivity contribution in [1.29, 1.82) is 0 Å². The predicted octanol–water partition coefficient (Wildman–Crippen LogP) is 0.880. The van der Waals surface area contributed by atoms with Gasteiger partial charge in [-0.3, -0.25) is 9.59 Å². The van der Waals surface area contributed by atoms with Gasteiger partial charge in [-0.15, -0.1) is 0 Å². The number of carbonyl (C=O) groups excluding carboxylic acids is 2. The zero-order valence-electron chi connectivity index (χ0n) is 10.1. The summed E-state index contributed by atoms with van der Waals surface area (Å²) < 4.78 is 0. The topological polar surface area (TPSA) is 49.4 Å². The summed E-state index contributed by atoms with van der Waals surface area (Å²) in [7, 11) is 0. The molecule has 0 aliphatic carbocycles. The van der Waals surface area contributed by atoms with E-state index in [0.29, 0.717) is 6.54 Å². The first-order valence-electron chi connectivity index (χ1n) is 5.74. The Morgan fingerprint density at radius 2 is 1.94 bits per heavy atom. The smallest absolute Gasteiger partial charge is 0.253 e. The van der Waals surface area contributed by atoms with Gasteiger partial charge in [0.15, 0.2) is 0 Å². The zero-order valence-corrected chi connectivity index (χ0v) is 10.1. The first-order chi connectivity index (χ1) is 8.08. The number of hydrogen-bond donors (Lipinski definition) is 1. The molecule has 0 radical (unpaired) electrons. The summed E-state index contributed by atoms with van der Waals surface area (Å²) in [6, 6.07) is 9.34. The monoisotopic (exact) mass is 232 g/mol. The molecule has 1 saturated heterocycles. The molecule has 1 heterocycles. The van der Waals surface area contributed by atoms with Gasteiger partial charge in [-0.1, -0.05) is 30.3 Å². The van der Waals surface area contributed by atoms with Gasteiger partial charge in [-0.25, -0.2) is 0 Å². The lowest BCUT2D eigenvalue weighted by Gasteiger charge is -2.39. The summed E-state index contributed by atoms with van der Waals surface area (Å²) in [5.74, 6) is -0.163. The van der Waals surface area contributed by atoms with E-state index in [2.05, 4.69) is 5.32 Å². The fraction of sp³-hybridized carbons (Fsp3) is 0.385. The molecule has 1 fully saturated rings. The van der Waals surface area contributed by atoms with E-state index in [0.717, 1.165) is 5.56 Å². The van der Waals surface area contributed by atoms with Crippen molar-refractivity contribution in [3.05, 3.63) is 35.9 Å². The van der Waals surface area contributed by atoms with Crippen LogP contribution in [-0.4, -0.2) is 29.8 Å². The second-order valence-corrected chi connectivity index (χ2v) is 4.36. The summed E-state index contributed by atoms with van der Waals surface area (Å²) in [5.41, 5.74) is -0.122. The number of piperazine rings is 1. The summed E-state index contributed by atoms with van der Waals surface area (Å²) >= 11 is 0. The van der Waals surface area contributed by atoms with Gasteiger partial charge in [-0.05, 0) is 19.4 Å². The van der Waals surface area contributed by atoms with Crippen LogP contribution in [0.15, 0.2) is 30.3 Å². The molecule has 1 aliphatic heterocycles.